The molecule has 1 aromatic heterocycles. The third-order valence-corrected chi connectivity index (χ3v) is 5.03. The zero-order valence-corrected chi connectivity index (χ0v) is 15.1. The number of hydrogen-bond donors (Lipinski definition) is 1. The van der Waals surface area contributed by atoms with Gasteiger partial charge in [0.15, 0.2) is 11.5 Å². The van der Waals surface area contributed by atoms with Gasteiger partial charge < -0.3 is 10.2 Å². The lowest BCUT2D eigenvalue weighted by Gasteiger charge is -2.20. The molecule has 5 nitrogen and oxygen atoms in total. The van der Waals surface area contributed by atoms with Crippen LogP contribution in [0.3, 0.4) is 0 Å². The molecule has 1 aliphatic heterocycles. The van der Waals surface area contributed by atoms with E-state index in [1.165, 1.54) is 0 Å². The van der Waals surface area contributed by atoms with Gasteiger partial charge in [0.25, 0.3) is 5.91 Å². The van der Waals surface area contributed by atoms with E-state index in [-0.39, 0.29) is 5.91 Å². The molecule has 4 rings (SSSR count). The maximum absolute atomic E-state index is 13.1. The van der Waals surface area contributed by atoms with E-state index in [2.05, 4.69) is 15.2 Å². The second kappa shape index (κ2) is 6.75. The average Bonchev–Trinajstić information content (AvgIpc) is 3.19. The molecule has 0 unspecified atom stereocenters. The Morgan fingerprint density at radius 3 is 2.38 bits per heavy atom. The van der Waals surface area contributed by atoms with Crippen molar-refractivity contribution >= 4 is 28.4 Å². The van der Waals surface area contributed by atoms with E-state index in [9.17, 15) is 4.79 Å². The number of aromatic nitrogens is 2. The number of nitrogens with one attached hydrogen (secondary N) is 1. The van der Waals surface area contributed by atoms with Gasteiger partial charge in [0.05, 0.1) is 11.0 Å². The first-order valence-electron chi connectivity index (χ1n) is 9.03. The molecule has 1 amide bonds. The molecule has 1 N–H and O–H groups in total. The Kier molecular flexibility index (Phi) is 4.29. The van der Waals surface area contributed by atoms with Crippen LogP contribution in [0.4, 0.5) is 11.5 Å². The molecule has 5 heteroatoms. The summed E-state index contributed by atoms with van der Waals surface area (Å²) in [6.07, 6.45) is 2.24. The average molecular weight is 346 g/mol. The Bertz CT molecular complexity index is 977. The van der Waals surface area contributed by atoms with E-state index in [1.807, 2.05) is 56.3 Å². The summed E-state index contributed by atoms with van der Waals surface area (Å²) < 4.78 is 0. The van der Waals surface area contributed by atoms with E-state index in [1.54, 1.807) is 0 Å². The molecule has 132 valence electrons. The first-order chi connectivity index (χ1) is 12.6. The highest BCUT2D eigenvalue weighted by atomic mass is 16.1. The van der Waals surface area contributed by atoms with Crippen molar-refractivity contribution in [3.05, 3.63) is 59.3 Å². The van der Waals surface area contributed by atoms with Gasteiger partial charge in [0.2, 0.25) is 0 Å². The minimum atomic E-state index is -0.209. The zero-order valence-electron chi connectivity index (χ0n) is 15.1. The van der Waals surface area contributed by atoms with E-state index < -0.39 is 0 Å². The maximum atomic E-state index is 13.1. The van der Waals surface area contributed by atoms with E-state index in [4.69, 9.17) is 4.98 Å². The summed E-state index contributed by atoms with van der Waals surface area (Å²) in [6.45, 7) is 5.88. The number of hydrogen-bond acceptors (Lipinski definition) is 4. The molecule has 0 bridgehead atoms. The summed E-state index contributed by atoms with van der Waals surface area (Å²) in [6, 6.07) is 13.6. The number of aryl methyl sites for hydroxylation is 1. The molecule has 0 radical (unpaired) electrons. The van der Waals surface area contributed by atoms with E-state index in [0.717, 1.165) is 53.8 Å². The van der Waals surface area contributed by atoms with Crippen LogP contribution in [0.5, 0.6) is 0 Å². The Morgan fingerprint density at radius 1 is 0.962 bits per heavy atom. The molecule has 3 aromatic rings. The fourth-order valence-electron chi connectivity index (χ4n) is 3.36. The largest absolute Gasteiger partial charge is 0.355 e. The monoisotopic (exact) mass is 346 g/mol. The SMILES string of the molecule is Cc1cccc(NC(=O)c2nc3ccccc3nc2N2CCCC2)c1C. The normalized spacial score (nSPS) is 14.0. The predicted molar refractivity (Wildman–Crippen MR) is 105 cm³/mol. The minimum Gasteiger partial charge on any atom is -0.355 e. The minimum absolute atomic E-state index is 0.209. The lowest BCUT2D eigenvalue weighted by atomic mass is 10.1. The molecule has 26 heavy (non-hydrogen) atoms. The molecule has 1 aliphatic rings. The van der Waals surface area contributed by atoms with Gasteiger partial charge in [-0.1, -0.05) is 24.3 Å². The van der Waals surface area contributed by atoms with Crippen molar-refractivity contribution < 1.29 is 4.79 Å². The number of para-hydroxylation sites is 2. The van der Waals surface area contributed by atoms with Crippen molar-refractivity contribution in [3.8, 4) is 0 Å². The summed E-state index contributed by atoms with van der Waals surface area (Å²) in [7, 11) is 0. The smallest absolute Gasteiger partial charge is 0.278 e. The van der Waals surface area contributed by atoms with E-state index >= 15 is 0 Å². The number of carbonyl (C=O) groups excluding carboxylic acids is 1. The fourth-order valence-corrected chi connectivity index (χ4v) is 3.36. The molecule has 0 saturated carbocycles. The zero-order chi connectivity index (χ0) is 18.1. The molecule has 0 atom stereocenters. The van der Waals surface area contributed by atoms with Crippen molar-refractivity contribution in [3.63, 3.8) is 0 Å². The topological polar surface area (TPSA) is 58.1 Å². The van der Waals surface area contributed by atoms with Crippen LogP contribution < -0.4 is 10.2 Å². The highest BCUT2D eigenvalue weighted by Crippen LogP contribution is 2.26. The van der Waals surface area contributed by atoms with Crippen molar-refractivity contribution in [2.75, 3.05) is 23.3 Å². The second-order valence-electron chi connectivity index (χ2n) is 6.78. The molecule has 1 fully saturated rings. The van der Waals surface area contributed by atoms with Crippen LogP contribution in [0.15, 0.2) is 42.5 Å². The molecular weight excluding hydrogens is 324 g/mol. The molecule has 0 aliphatic carbocycles. The number of rotatable bonds is 3. The van der Waals surface area contributed by atoms with Crippen LogP contribution in [0.1, 0.15) is 34.5 Å². The highest BCUT2D eigenvalue weighted by Gasteiger charge is 2.24. The van der Waals surface area contributed by atoms with Gasteiger partial charge in [-0.05, 0) is 56.0 Å². The fraction of sp³-hybridized carbons (Fsp3) is 0.286. The van der Waals surface area contributed by atoms with Gasteiger partial charge in [-0.25, -0.2) is 9.97 Å². The number of anilines is 2. The molecular formula is C21H22N4O. The summed E-state index contributed by atoms with van der Waals surface area (Å²) in [5, 5.41) is 3.03. The first-order valence-corrected chi connectivity index (χ1v) is 9.03. The number of amides is 1. The maximum Gasteiger partial charge on any atom is 0.278 e. The van der Waals surface area contributed by atoms with Crippen molar-refractivity contribution in [1.29, 1.82) is 0 Å². The predicted octanol–water partition coefficient (Wildman–Crippen LogP) is 4.10. The number of nitrogens with zero attached hydrogens (tertiary/aromatic N) is 3. The van der Waals surface area contributed by atoms with Crippen LogP contribution in [0.2, 0.25) is 0 Å². The Labute approximate surface area is 153 Å². The standard InChI is InChI=1S/C21H22N4O/c1-14-8-7-11-16(15(14)2)24-21(26)19-20(25-12-5-6-13-25)23-18-10-4-3-9-17(18)22-19/h3-4,7-11H,5-6,12-13H2,1-2H3,(H,24,26). The van der Waals surface area contributed by atoms with Crippen molar-refractivity contribution in [1.82, 2.24) is 9.97 Å². The van der Waals surface area contributed by atoms with Gasteiger partial charge in [-0.15, -0.1) is 0 Å². The molecule has 2 aromatic carbocycles. The van der Waals surface area contributed by atoms with Crippen molar-refractivity contribution in [2.45, 2.75) is 26.7 Å². The number of fused-ring (bicyclic) bond motifs is 1. The summed E-state index contributed by atoms with van der Waals surface area (Å²) in [5.74, 6) is 0.475. The Balaban J connectivity index is 1.77. The Hall–Kier alpha value is -2.95. The van der Waals surface area contributed by atoms with Gasteiger partial charge in [0.1, 0.15) is 0 Å². The summed E-state index contributed by atoms with van der Waals surface area (Å²) >= 11 is 0. The third kappa shape index (κ3) is 3.01. The lowest BCUT2D eigenvalue weighted by Crippen LogP contribution is -2.25. The van der Waals surface area contributed by atoms with Gasteiger partial charge in [0, 0.05) is 18.8 Å². The van der Waals surface area contributed by atoms with Crippen LogP contribution in [0, 0.1) is 13.8 Å². The van der Waals surface area contributed by atoms with Crippen LogP contribution >= 0.6 is 0 Å². The third-order valence-electron chi connectivity index (χ3n) is 5.03. The Morgan fingerprint density at radius 2 is 1.65 bits per heavy atom. The van der Waals surface area contributed by atoms with Crippen molar-refractivity contribution in [2.24, 2.45) is 0 Å². The highest BCUT2D eigenvalue weighted by molar-refractivity contribution is 6.07. The summed E-state index contributed by atoms with van der Waals surface area (Å²) in [5.41, 5.74) is 4.98. The van der Waals surface area contributed by atoms with Crippen LogP contribution in [-0.4, -0.2) is 29.0 Å². The quantitative estimate of drug-likeness (QED) is 0.776. The van der Waals surface area contributed by atoms with E-state index in [0.29, 0.717) is 11.5 Å². The second-order valence-corrected chi connectivity index (χ2v) is 6.78. The van der Waals surface area contributed by atoms with Crippen LogP contribution in [-0.2, 0) is 0 Å². The molecule has 2 heterocycles. The lowest BCUT2D eigenvalue weighted by molar-refractivity contribution is 0.102. The molecule has 1 saturated heterocycles. The number of carbonyl (C=O) groups is 1. The molecule has 0 spiro atoms. The van der Waals surface area contributed by atoms with Crippen LogP contribution in [0.25, 0.3) is 11.0 Å². The first kappa shape index (κ1) is 16.5. The van der Waals surface area contributed by atoms with Gasteiger partial charge in [-0.2, -0.15) is 0 Å². The van der Waals surface area contributed by atoms with Gasteiger partial charge >= 0.3 is 0 Å². The van der Waals surface area contributed by atoms with Gasteiger partial charge in [-0.3, -0.25) is 4.79 Å². The summed E-state index contributed by atoms with van der Waals surface area (Å²) in [4.78, 5) is 24.6. The number of benzene rings is 2.